The molecule has 1 aromatic heterocycles. The van der Waals surface area contributed by atoms with Crippen LogP contribution in [0.1, 0.15) is 17.3 Å². The van der Waals surface area contributed by atoms with Crippen LogP contribution in [0.15, 0.2) is 42.5 Å². The molecule has 1 aromatic carbocycles. The van der Waals surface area contributed by atoms with Crippen molar-refractivity contribution in [1.29, 1.82) is 0 Å². The zero-order chi connectivity index (χ0) is 13.8. The highest BCUT2D eigenvalue weighted by atomic mass is 35.5. The number of hydrogen-bond acceptors (Lipinski definition) is 3. The minimum Gasteiger partial charge on any atom is -0.478 e. The van der Waals surface area contributed by atoms with Crippen molar-refractivity contribution in [1.82, 2.24) is 4.98 Å². The maximum Gasteiger partial charge on any atom is 0.339 e. The quantitative estimate of drug-likeness (QED) is 0.867. The van der Waals surface area contributed by atoms with E-state index in [4.69, 9.17) is 11.6 Å². The van der Waals surface area contributed by atoms with Crippen LogP contribution in [0.25, 0.3) is 0 Å². The van der Waals surface area contributed by atoms with E-state index in [9.17, 15) is 9.90 Å². The molecule has 0 unspecified atom stereocenters. The van der Waals surface area contributed by atoms with Crippen LogP contribution in [0.2, 0.25) is 5.15 Å². The van der Waals surface area contributed by atoms with Crippen LogP contribution in [0.4, 0.5) is 11.5 Å². The number of pyridine rings is 1. The van der Waals surface area contributed by atoms with Crippen molar-refractivity contribution in [2.45, 2.75) is 6.92 Å². The summed E-state index contributed by atoms with van der Waals surface area (Å²) in [5.74, 6) is -0.665. The molecule has 0 amide bonds. The predicted octanol–water partition coefficient (Wildman–Crippen LogP) is 3.59. The summed E-state index contributed by atoms with van der Waals surface area (Å²) >= 11 is 5.88. The van der Waals surface area contributed by atoms with E-state index in [0.717, 1.165) is 5.69 Å². The Morgan fingerprint density at radius 2 is 1.95 bits per heavy atom. The number of carboxylic acid groups (broad SMARTS) is 1. The van der Waals surface area contributed by atoms with E-state index < -0.39 is 5.97 Å². The number of hydrogen-bond donors (Lipinski definition) is 1. The first kappa shape index (κ1) is 13.4. The van der Waals surface area contributed by atoms with Gasteiger partial charge in [-0.05, 0) is 31.2 Å². The van der Waals surface area contributed by atoms with Crippen molar-refractivity contribution in [3.05, 3.63) is 53.2 Å². The normalized spacial score (nSPS) is 10.2. The monoisotopic (exact) mass is 276 g/mol. The molecule has 0 radical (unpaired) electrons. The molecule has 0 aliphatic heterocycles. The fraction of sp³-hybridized carbons (Fsp3) is 0.143. The Morgan fingerprint density at radius 3 is 2.53 bits per heavy atom. The first-order valence-corrected chi connectivity index (χ1v) is 6.23. The molecular formula is C14H13ClN2O2. The summed E-state index contributed by atoms with van der Waals surface area (Å²) in [4.78, 5) is 17.2. The molecule has 2 rings (SSSR count). The number of para-hydroxylation sites is 1. The Kier molecular flexibility index (Phi) is 4.02. The van der Waals surface area contributed by atoms with Gasteiger partial charge in [-0.25, -0.2) is 9.78 Å². The van der Waals surface area contributed by atoms with E-state index in [0.29, 0.717) is 12.4 Å². The van der Waals surface area contributed by atoms with Crippen LogP contribution in [-0.4, -0.2) is 22.6 Å². The van der Waals surface area contributed by atoms with Crippen molar-refractivity contribution in [3.8, 4) is 0 Å². The van der Waals surface area contributed by atoms with Crippen LogP contribution in [0.5, 0.6) is 0 Å². The maximum atomic E-state index is 11.3. The van der Waals surface area contributed by atoms with Gasteiger partial charge in [0, 0.05) is 12.2 Å². The molecule has 0 aliphatic carbocycles. The number of aromatic carboxylic acids is 1. The molecule has 98 valence electrons. The molecule has 1 N–H and O–H groups in total. The number of halogens is 1. The number of aromatic nitrogens is 1. The Labute approximate surface area is 116 Å². The zero-order valence-electron chi connectivity index (χ0n) is 10.4. The molecule has 0 spiro atoms. The highest BCUT2D eigenvalue weighted by Gasteiger charge is 2.18. The molecule has 0 atom stereocenters. The topological polar surface area (TPSA) is 53.4 Å². The molecule has 0 aliphatic rings. The third-order valence-corrected chi connectivity index (χ3v) is 2.92. The minimum atomic E-state index is -1.02. The number of rotatable bonds is 4. The molecule has 0 saturated heterocycles. The highest BCUT2D eigenvalue weighted by Crippen LogP contribution is 2.27. The van der Waals surface area contributed by atoms with Crippen LogP contribution in [0.3, 0.4) is 0 Å². The first-order valence-electron chi connectivity index (χ1n) is 5.86. The van der Waals surface area contributed by atoms with Crippen LogP contribution >= 0.6 is 11.6 Å². The average Bonchev–Trinajstić information content (AvgIpc) is 2.40. The molecule has 1 heterocycles. The van der Waals surface area contributed by atoms with Gasteiger partial charge in [-0.2, -0.15) is 0 Å². The number of carbonyl (C=O) groups is 1. The predicted molar refractivity (Wildman–Crippen MR) is 75.3 cm³/mol. The number of carboxylic acids is 1. The Bertz CT molecular complexity index is 587. The molecule has 0 bridgehead atoms. The standard InChI is InChI=1S/C14H13ClN2O2/c1-2-17(10-6-4-3-5-7-10)13-11(14(18)19)8-9-12(15)16-13/h3-9H,2H2,1H3,(H,18,19). The lowest BCUT2D eigenvalue weighted by molar-refractivity contribution is 0.0697. The molecular weight excluding hydrogens is 264 g/mol. The minimum absolute atomic E-state index is 0.134. The van der Waals surface area contributed by atoms with Crippen molar-refractivity contribution >= 4 is 29.1 Å². The summed E-state index contributed by atoms with van der Waals surface area (Å²) in [6.07, 6.45) is 0. The van der Waals surface area contributed by atoms with E-state index >= 15 is 0 Å². The van der Waals surface area contributed by atoms with Crippen molar-refractivity contribution < 1.29 is 9.90 Å². The molecule has 19 heavy (non-hydrogen) atoms. The molecule has 5 heteroatoms. The second kappa shape index (κ2) is 5.71. The fourth-order valence-electron chi connectivity index (χ4n) is 1.86. The van der Waals surface area contributed by atoms with Gasteiger partial charge in [-0.1, -0.05) is 29.8 Å². The van der Waals surface area contributed by atoms with E-state index in [2.05, 4.69) is 4.98 Å². The lowest BCUT2D eigenvalue weighted by atomic mass is 10.2. The van der Waals surface area contributed by atoms with Crippen molar-refractivity contribution in [2.24, 2.45) is 0 Å². The van der Waals surface area contributed by atoms with Gasteiger partial charge in [0.1, 0.15) is 16.5 Å². The third-order valence-electron chi connectivity index (χ3n) is 2.71. The van der Waals surface area contributed by atoms with Gasteiger partial charge in [-0.15, -0.1) is 0 Å². The van der Waals surface area contributed by atoms with E-state index in [1.54, 1.807) is 0 Å². The summed E-state index contributed by atoms with van der Waals surface area (Å²) < 4.78 is 0. The number of anilines is 2. The van der Waals surface area contributed by atoms with E-state index in [-0.39, 0.29) is 10.7 Å². The summed E-state index contributed by atoms with van der Waals surface area (Å²) in [6, 6.07) is 12.4. The zero-order valence-corrected chi connectivity index (χ0v) is 11.1. The van der Waals surface area contributed by atoms with Gasteiger partial charge in [0.05, 0.1) is 0 Å². The van der Waals surface area contributed by atoms with E-state index in [1.165, 1.54) is 12.1 Å². The molecule has 0 fully saturated rings. The second-order valence-electron chi connectivity index (χ2n) is 3.89. The summed E-state index contributed by atoms with van der Waals surface area (Å²) in [7, 11) is 0. The van der Waals surface area contributed by atoms with Gasteiger partial charge in [-0.3, -0.25) is 0 Å². The van der Waals surface area contributed by atoms with Crippen molar-refractivity contribution in [3.63, 3.8) is 0 Å². The summed E-state index contributed by atoms with van der Waals surface area (Å²) in [6.45, 7) is 2.53. The van der Waals surface area contributed by atoms with Gasteiger partial charge in [0.15, 0.2) is 0 Å². The van der Waals surface area contributed by atoms with Gasteiger partial charge in [0.2, 0.25) is 0 Å². The Morgan fingerprint density at radius 1 is 1.26 bits per heavy atom. The lowest BCUT2D eigenvalue weighted by Crippen LogP contribution is -2.20. The van der Waals surface area contributed by atoms with Crippen molar-refractivity contribution in [2.75, 3.05) is 11.4 Å². The SMILES string of the molecule is CCN(c1ccccc1)c1nc(Cl)ccc1C(=O)O. The van der Waals surface area contributed by atoms with Gasteiger partial charge < -0.3 is 10.0 Å². The van der Waals surface area contributed by atoms with Gasteiger partial charge in [0.25, 0.3) is 0 Å². The highest BCUT2D eigenvalue weighted by molar-refractivity contribution is 6.29. The third kappa shape index (κ3) is 2.85. The number of benzene rings is 1. The molecule has 2 aromatic rings. The number of nitrogens with zero attached hydrogens (tertiary/aromatic N) is 2. The van der Waals surface area contributed by atoms with Crippen LogP contribution < -0.4 is 4.90 Å². The summed E-state index contributed by atoms with van der Waals surface area (Å²) in [5, 5.41) is 9.51. The second-order valence-corrected chi connectivity index (χ2v) is 4.28. The maximum absolute atomic E-state index is 11.3. The molecule has 0 saturated carbocycles. The summed E-state index contributed by atoms with van der Waals surface area (Å²) in [5.41, 5.74) is 1.01. The lowest BCUT2D eigenvalue weighted by Gasteiger charge is -2.23. The first-order chi connectivity index (χ1) is 9.13. The molecule has 4 nitrogen and oxygen atoms in total. The largest absolute Gasteiger partial charge is 0.478 e. The Balaban J connectivity index is 2.55. The smallest absolute Gasteiger partial charge is 0.339 e. The average molecular weight is 277 g/mol. The fourth-order valence-corrected chi connectivity index (χ4v) is 2.00. The van der Waals surface area contributed by atoms with Crippen LogP contribution in [-0.2, 0) is 0 Å². The van der Waals surface area contributed by atoms with E-state index in [1.807, 2.05) is 42.2 Å². The Hall–Kier alpha value is -2.07. The van der Waals surface area contributed by atoms with Gasteiger partial charge >= 0.3 is 5.97 Å². The van der Waals surface area contributed by atoms with Crippen LogP contribution in [0, 0.1) is 0 Å².